The van der Waals surface area contributed by atoms with Gasteiger partial charge in [0.05, 0.1) is 22.6 Å². The lowest BCUT2D eigenvalue weighted by atomic mass is 9.94. The van der Waals surface area contributed by atoms with Gasteiger partial charge < -0.3 is 0 Å². The van der Waals surface area contributed by atoms with Gasteiger partial charge in [-0.2, -0.15) is 5.10 Å². The van der Waals surface area contributed by atoms with Crippen molar-refractivity contribution in [2.75, 3.05) is 0 Å². The zero-order valence-electron chi connectivity index (χ0n) is 29.9. The maximum absolute atomic E-state index is 5.37. The highest BCUT2D eigenvalue weighted by Gasteiger charge is 2.22. The van der Waals surface area contributed by atoms with E-state index in [1.807, 2.05) is 36.4 Å². The third kappa shape index (κ3) is 6.06. The van der Waals surface area contributed by atoms with Crippen LogP contribution in [0.4, 0.5) is 0 Å². The Labute approximate surface area is 319 Å². The number of pyridine rings is 1. The molecule has 0 amide bonds. The van der Waals surface area contributed by atoms with E-state index in [9.17, 15) is 0 Å². The SMILES string of the molecule is c1ccc(-c2cc(-c3cccc(-c4ccc5c(c4)cc(-c4ccccc4)n4nc(-c6ccccc6)c(-c6ccccc6)c54)c3)nc(-c3ccccc3)n2)cc1. The predicted molar refractivity (Wildman–Crippen MR) is 226 cm³/mol. The summed E-state index contributed by atoms with van der Waals surface area (Å²) in [5.41, 5.74) is 14.6. The van der Waals surface area contributed by atoms with E-state index in [1.165, 1.54) is 0 Å². The highest BCUT2D eigenvalue weighted by Crippen LogP contribution is 2.42. The van der Waals surface area contributed by atoms with Crippen LogP contribution in [0, 0.1) is 0 Å². The van der Waals surface area contributed by atoms with Crippen LogP contribution in [-0.4, -0.2) is 19.6 Å². The zero-order chi connectivity index (χ0) is 36.6. The second-order valence-corrected chi connectivity index (χ2v) is 13.7. The van der Waals surface area contributed by atoms with Crippen LogP contribution >= 0.6 is 0 Å². The van der Waals surface area contributed by atoms with Crippen molar-refractivity contribution in [1.29, 1.82) is 0 Å². The van der Waals surface area contributed by atoms with E-state index in [0.717, 1.165) is 89.1 Å². The predicted octanol–water partition coefficient (Wildman–Crippen LogP) is 12.9. The lowest BCUT2D eigenvalue weighted by Gasteiger charge is -2.13. The van der Waals surface area contributed by atoms with Gasteiger partial charge in [0.2, 0.25) is 0 Å². The summed E-state index contributed by atoms with van der Waals surface area (Å²) < 4.78 is 2.15. The third-order valence-corrected chi connectivity index (χ3v) is 10.2. The fourth-order valence-corrected chi connectivity index (χ4v) is 7.54. The summed E-state index contributed by atoms with van der Waals surface area (Å²) in [4.78, 5) is 10.1. The molecule has 0 unspecified atom stereocenters. The molecule has 0 spiro atoms. The molecular formula is C51H34N4. The maximum atomic E-state index is 5.37. The van der Waals surface area contributed by atoms with Crippen molar-refractivity contribution in [2.24, 2.45) is 0 Å². The topological polar surface area (TPSA) is 43.1 Å². The highest BCUT2D eigenvalue weighted by atomic mass is 15.2. The first-order valence-electron chi connectivity index (χ1n) is 18.5. The summed E-state index contributed by atoms with van der Waals surface area (Å²) in [5.74, 6) is 0.704. The molecule has 0 radical (unpaired) electrons. The van der Waals surface area contributed by atoms with E-state index in [-0.39, 0.29) is 0 Å². The minimum Gasteiger partial charge on any atom is -0.231 e. The molecule has 7 aromatic carbocycles. The Kier molecular flexibility index (Phi) is 8.12. The molecule has 0 fully saturated rings. The number of benzene rings is 7. The summed E-state index contributed by atoms with van der Waals surface area (Å²) >= 11 is 0. The lowest BCUT2D eigenvalue weighted by molar-refractivity contribution is 0.979. The molecule has 10 aromatic rings. The number of hydrogen-bond donors (Lipinski definition) is 0. The third-order valence-electron chi connectivity index (χ3n) is 10.2. The van der Waals surface area contributed by atoms with Gasteiger partial charge in [-0.1, -0.05) is 182 Å². The number of fused-ring (bicyclic) bond motifs is 3. The van der Waals surface area contributed by atoms with E-state index in [0.29, 0.717) is 5.82 Å². The van der Waals surface area contributed by atoms with E-state index in [4.69, 9.17) is 15.1 Å². The Bertz CT molecular complexity index is 2880. The Morgan fingerprint density at radius 2 is 0.855 bits per heavy atom. The van der Waals surface area contributed by atoms with Crippen LogP contribution in [0.3, 0.4) is 0 Å². The lowest BCUT2D eigenvalue weighted by Crippen LogP contribution is -1.96. The van der Waals surface area contributed by atoms with Gasteiger partial charge in [0, 0.05) is 38.8 Å². The van der Waals surface area contributed by atoms with Crippen molar-refractivity contribution in [3.8, 4) is 78.7 Å². The van der Waals surface area contributed by atoms with Gasteiger partial charge in [-0.15, -0.1) is 0 Å². The van der Waals surface area contributed by atoms with E-state index >= 15 is 0 Å². The molecule has 4 heteroatoms. The molecule has 0 aliphatic heterocycles. The molecule has 0 bridgehead atoms. The molecule has 55 heavy (non-hydrogen) atoms. The Morgan fingerprint density at radius 3 is 1.51 bits per heavy atom. The molecule has 0 saturated carbocycles. The molecule has 258 valence electrons. The first-order valence-corrected chi connectivity index (χ1v) is 18.5. The maximum Gasteiger partial charge on any atom is 0.160 e. The normalized spacial score (nSPS) is 11.3. The van der Waals surface area contributed by atoms with Crippen molar-refractivity contribution in [3.05, 3.63) is 206 Å². The smallest absolute Gasteiger partial charge is 0.160 e. The van der Waals surface area contributed by atoms with E-state index < -0.39 is 0 Å². The van der Waals surface area contributed by atoms with Crippen LogP contribution in [0.5, 0.6) is 0 Å². The molecule has 10 rings (SSSR count). The molecular weight excluding hydrogens is 669 g/mol. The minimum atomic E-state index is 0.704. The van der Waals surface area contributed by atoms with Crippen molar-refractivity contribution in [3.63, 3.8) is 0 Å². The summed E-state index contributed by atoms with van der Waals surface area (Å²) in [6.07, 6.45) is 0. The van der Waals surface area contributed by atoms with E-state index in [2.05, 4.69) is 174 Å². The average molecular weight is 703 g/mol. The van der Waals surface area contributed by atoms with Gasteiger partial charge in [-0.25, -0.2) is 14.5 Å². The molecule has 3 heterocycles. The van der Waals surface area contributed by atoms with Crippen LogP contribution in [0.15, 0.2) is 206 Å². The van der Waals surface area contributed by atoms with Crippen LogP contribution < -0.4 is 0 Å². The molecule has 0 aliphatic rings. The average Bonchev–Trinajstić information content (AvgIpc) is 3.68. The molecule has 0 saturated heterocycles. The summed E-state index contributed by atoms with van der Waals surface area (Å²) in [6.45, 7) is 0. The molecule has 0 N–H and O–H groups in total. The van der Waals surface area contributed by atoms with Crippen LogP contribution in [0.25, 0.3) is 95.0 Å². The second-order valence-electron chi connectivity index (χ2n) is 13.7. The number of rotatable bonds is 7. The Balaban J connectivity index is 1.17. The van der Waals surface area contributed by atoms with Crippen LogP contribution in [0.1, 0.15) is 0 Å². The largest absolute Gasteiger partial charge is 0.231 e. The fourth-order valence-electron chi connectivity index (χ4n) is 7.54. The first-order chi connectivity index (χ1) is 27.3. The van der Waals surface area contributed by atoms with Crippen molar-refractivity contribution in [1.82, 2.24) is 19.6 Å². The van der Waals surface area contributed by atoms with Crippen molar-refractivity contribution < 1.29 is 0 Å². The number of hydrogen-bond acceptors (Lipinski definition) is 3. The first kappa shape index (κ1) is 32.2. The Hall–Kier alpha value is -7.43. The monoisotopic (exact) mass is 702 g/mol. The summed E-state index contributed by atoms with van der Waals surface area (Å²) in [6, 6.07) is 72.1. The number of aromatic nitrogens is 4. The minimum absolute atomic E-state index is 0.704. The summed E-state index contributed by atoms with van der Waals surface area (Å²) in [7, 11) is 0. The standard InChI is InChI=1S/C51H34N4/c1-6-17-35(18-7-1)45-34-46(53-51(52-45)39-25-14-5-15-26-39)42-28-16-27-40(31-42)41-29-30-44-43(32-41)33-47(36-19-8-2-9-20-36)55-50(44)48(37-21-10-3-11-22-37)49(54-55)38-23-12-4-13-24-38/h1-34H. The van der Waals surface area contributed by atoms with Gasteiger partial charge >= 0.3 is 0 Å². The van der Waals surface area contributed by atoms with Gasteiger partial charge in [0.25, 0.3) is 0 Å². The molecule has 0 aliphatic carbocycles. The zero-order valence-corrected chi connectivity index (χ0v) is 29.9. The molecule has 3 aromatic heterocycles. The highest BCUT2D eigenvalue weighted by molar-refractivity contribution is 6.09. The molecule has 0 atom stereocenters. The van der Waals surface area contributed by atoms with Gasteiger partial charge in [0.1, 0.15) is 5.69 Å². The van der Waals surface area contributed by atoms with Gasteiger partial charge in [-0.3, -0.25) is 0 Å². The van der Waals surface area contributed by atoms with Crippen LogP contribution in [0.2, 0.25) is 0 Å². The van der Waals surface area contributed by atoms with Crippen LogP contribution in [-0.2, 0) is 0 Å². The van der Waals surface area contributed by atoms with Gasteiger partial charge in [-0.05, 0) is 46.3 Å². The van der Waals surface area contributed by atoms with Crippen molar-refractivity contribution in [2.45, 2.75) is 0 Å². The quantitative estimate of drug-likeness (QED) is 0.166. The summed E-state index contributed by atoms with van der Waals surface area (Å²) in [5, 5.41) is 7.66. The second kappa shape index (κ2) is 13.8. The Morgan fingerprint density at radius 1 is 0.345 bits per heavy atom. The molecule has 4 nitrogen and oxygen atoms in total. The van der Waals surface area contributed by atoms with E-state index in [1.54, 1.807) is 0 Å². The van der Waals surface area contributed by atoms with Gasteiger partial charge in [0.15, 0.2) is 5.82 Å². The van der Waals surface area contributed by atoms with Crippen molar-refractivity contribution >= 4 is 16.3 Å². The number of nitrogens with zero attached hydrogens (tertiary/aromatic N) is 4. The fraction of sp³-hybridized carbons (Fsp3) is 0.